The number of nitrogens with zero attached hydrogens (tertiary/aromatic N) is 1. The van der Waals surface area contributed by atoms with Gasteiger partial charge in [-0.3, -0.25) is 9.52 Å². The Labute approximate surface area is 174 Å². The minimum atomic E-state index is -3.53. The highest BCUT2D eigenvalue weighted by Crippen LogP contribution is 2.31. The van der Waals surface area contributed by atoms with Gasteiger partial charge in [0.2, 0.25) is 15.9 Å². The second-order valence-electron chi connectivity index (χ2n) is 8.36. The summed E-state index contributed by atoms with van der Waals surface area (Å²) >= 11 is 0. The Hall–Kier alpha value is -2.34. The lowest BCUT2D eigenvalue weighted by Crippen LogP contribution is -2.36. The first-order valence-electron chi connectivity index (χ1n) is 10.1. The van der Waals surface area contributed by atoms with Crippen molar-refractivity contribution in [3.63, 3.8) is 0 Å². The smallest absolute Gasteiger partial charge is 0.236 e. The average Bonchev–Trinajstić information content (AvgIpc) is 2.63. The number of benzene rings is 2. The molecule has 0 atom stereocenters. The van der Waals surface area contributed by atoms with Crippen molar-refractivity contribution < 1.29 is 13.2 Å². The standard InChI is InChI=1S/C23H30N2O3S/c1-16(2)11-12-25-22-9-8-21(14-19(22)7-10-23(25)26)24-29(27,28)15-20-13-17(3)5-6-18(20)4/h5-6,8-9,13-14,16,24H,7,10-12,15H2,1-4H3. The lowest BCUT2D eigenvalue weighted by atomic mass is 9.99. The highest BCUT2D eigenvalue weighted by Gasteiger charge is 2.24. The van der Waals surface area contributed by atoms with Crippen LogP contribution in [0.4, 0.5) is 11.4 Å². The van der Waals surface area contributed by atoms with Gasteiger partial charge < -0.3 is 4.90 Å². The lowest BCUT2D eigenvalue weighted by Gasteiger charge is -2.30. The van der Waals surface area contributed by atoms with E-state index in [1.165, 1.54) is 0 Å². The predicted molar refractivity (Wildman–Crippen MR) is 119 cm³/mol. The zero-order valence-electron chi connectivity index (χ0n) is 17.7. The maximum atomic E-state index is 12.7. The third-order valence-electron chi connectivity index (χ3n) is 5.33. The number of carbonyl (C=O) groups is 1. The van der Waals surface area contributed by atoms with Crippen LogP contribution in [0.3, 0.4) is 0 Å². The minimum Gasteiger partial charge on any atom is -0.312 e. The van der Waals surface area contributed by atoms with Crippen molar-refractivity contribution in [2.45, 2.75) is 52.7 Å². The summed E-state index contributed by atoms with van der Waals surface area (Å²) in [7, 11) is -3.53. The van der Waals surface area contributed by atoms with Crippen LogP contribution in [-0.2, 0) is 27.0 Å². The summed E-state index contributed by atoms with van der Waals surface area (Å²) in [6.45, 7) is 8.86. The fourth-order valence-electron chi connectivity index (χ4n) is 3.63. The molecule has 1 amide bonds. The van der Waals surface area contributed by atoms with Crippen LogP contribution in [0, 0.1) is 19.8 Å². The Morgan fingerprint density at radius 2 is 1.83 bits per heavy atom. The molecule has 2 aromatic carbocycles. The van der Waals surface area contributed by atoms with Gasteiger partial charge in [0.15, 0.2) is 0 Å². The molecule has 0 spiro atoms. The summed E-state index contributed by atoms with van der Waals surface area (Å²) in [5, 5.41) is 0. The number of anilines is 2. The first-order valence-corrected chi connectivity index (χ1v) is 11.8. The molecule has 156 valence electrons. The van der Waals surface area contributed by atoms with Crippen molar-refractivity contribution in [2.24, 2.45) is 5.92 Å². The molecule has 0 saturated carbocycles. The molecule has 1 heterocycles. The van der Waals surface area contributed by atoms with Gasteiger partial charge in [-0.15, -0.1) is 0 Å². The van der Waals surface area contributed by atoms with Crippen molar-refractivity contribution in [1.82, 2.24) is 0 Å². The monoisotopic (exact) mass is 414 g/mol. The lowest BCUT2D eigenvalue weighted by molar-refractivity contribution is -0.118. The maximum absolute atomic E-state index is 12.7. The molecule has 0 fully saturated rings. The van der Waals surface area contributed by atoms with Gasteiger partial charge >= 0.3 is 0 Å². The number of fused-ring (bicyclic) bond motifs is 1. The molecule has 0 aliphatic carbocycles. The van der Waals surface area contributed by atoms with Gasteiger partial charge in [-0.25, -0.2) is 8.42 Å². The Morgan fingerprint density at radius 1 is 1.07 bits per heavy atom. The van der Waals surface area contributed by atoms with Crippen LogP contribution < -0.4 is 9.62 Å². The summed E-state index contributed by atoms with van der Waals surface area (Å²) in [5.74, 6) is 0.599. The van der Waals surface area contributed by atoms with Crippen LogP contribution in [-0.4, -0.2) is 20.9 Å². The van der Waals surface area contributed by atoms with Crippen LogP contribution in [0.15, 0.2) is 36.4 Å². The largest absolute Gasteiger partial charge is 0.312 e. The Kier molecular flexibility index (Phi) is 6.32. The molecule has 2 aromatic rings. The number of carbonyl (C=O) groups excluding carboxylic acids is 1. The third kappa shape index (κ3) is 5.38. The molecule has 1 N–H and O–H groups in total. The summed E-state index contributed by atoms with van der Waals surface area (Å²) in [5.41, 5.74) is 5.28. The molecule has 3 rings (SSSR count). The molecular weight excluding hydrogens is 384 g/mol. The van der Waals surface area contributed by atoms with E-state index in [0.717, 1.165) is 34.4 Å². The molecular formula is C23H30N2O3S. The molecule has 29 heavy (non-hydrogen) atoms. The van der Waals surface area contributed by atoms with E-state index in [-0.39, 0.29) is 11.7 Å². The van der Waals surface area contributed by atoms with Gasteiger partial charge in [0.1, 0.15) is 0 Å². The second kappa shape index (κ2) is 8.57. The van der Waals surface area contributed by atoms with Crippen molar-refractivity contribution in [1.29, 1.82) is 0 Å². The van der Waals surface area contributed by atoms with E-state index in [0.29, 0.717) is 31.0 Å². The van der Waals surface area contributed by atoms with E-state index in [2.05, 4.69) is 18.6 Å². The van der Waals surface area contributed by atoms with Crippen molar-refractivity contribution in [3.8, 4) is 0 Å². The van der Waals surface area contributed by atoms with Crippen molar-refractivity contribution >= 4 is 27.3 Å². The van der Waals surface area contributed by atoms with E-state index in [9.17, 15) is 13.2 Å². The van der Waals surface area contributed by atoms with Gasteiger partial charge in [-0.1, -0.05) is 37.6 Å². The SMILES string of the molecule is Cc1ccc(C)c(CS(=O)(=O)Nc2ccc3c(c2)CCC(=O)N3CCC(C)C)c1. The van der Waals surface area contributed by atoms with Crippen molar-refractivity contribution in [3.05, 3.63) is 58.7 Å². The summed E-state index contributed by atoms with van der Waals surface area (Å²) < 4.78 is 28.1. The second-order valence-corrected chi connectivity index (χ2v) is 10.1. The van der Waals surface area contributed by atoms with E-state index >= 15 is 0 Å². The third-order valence-corrected chi connectivity index (χ3v) is 6.57. The number of sulfonamides is 1. The number of nitrogens with one attached hydrogen (secondary N) is 1. The normalized spacial score (nSPS) is 14.2. The molecule has 6 heteroatoms. The van der Waals surface area contributed by atoms with Gasteiger partial charge in [-0.05, 0) is 67.5 Å². The number of amides is 1. The molecule has 1 aliphatic rings. The van der Waals surface area contributed by atoms with Crippen molar-refractivity contribution in [2.75, 3.05) is 16.2 Å². The van der Waals surface area contributed by atoms with E-state index in [4.69, 9.17) is 0 Å². The van der Waals surface area contributed by atoms with Crippen LogP contribution in [0.25, 0.3) is 0 Å². The summed E-state index contributed by atoms with van der Waals surface area (Å²) in [6.07, 6.45) is 2.04. The number of hydrogen-bond acceptors (Lipinski definition) is 3. The average molecular weight is 415 g/mol. The topological polar surface area (TPSA) is 66.5 Å². The van der Waals surface area contributed by atoms with E-state index in [1.54, 1.807) is 6.07 Å². The van der Waals surface area contributed by atoms with Crippen LogP contribution in [0.5, 0.6) is 0 Å². The number of rotatable bonds is 7. The minimum absolute atomic E-state index is 0.0589. The molecule has 0 bridgehead atoms. The van der Waals surface area contributed by atoms with Gasteiger partial charge in [0, 0.05) is 24.3 Å². The zero-order chi connectivity index (χ0) is 21.2. The molecule has 0 radical (unpaired) electrons. The number of aryl methyl sites for hydroxylation is 3. The summed E-state index contributed by atoms with van der Waals surface area (Å²) in [6, 6.07) is 11.3. The predicted octanol–water partition coefficient (Wildman–Crippen LogP) is 4.57. The molecule has 0 aromatic heterocycles. The fourth-order valence-corrected chi connectivity index (χ4v) is 4.91. The van der Waals surface area contributed by atoms with Crippen LogP contribution in [0.1, 0.15) is 48.9 Å². The Balaban J connectivity index is 1.78. The van der Waals surface area contributed by atoms with Gasteiger partial charge in [0.05, 0.1) is 5.75 Å². The van der Waals surface area contributed by atoms with Crippen LogP contribution >= 0.6 is 0 Å². The first-order chi connectivity index (χ1) is 13.6. The zero-order valence-corrected chi connectivity index (χ0v) is 18.5. The van der Waals surface area contributed by atoms with Crippen LogP contribution in [0.2, 0.25) is 0 Å². The van der Waals surface area contributed by atoms with Gasteiger partial charge in [0.25, 0.3) is 0 Å². The molecule has 5 nitrogen and oxygen atoms in total. The first kappa shape index (κ1) is 21.4. The molecule has 0 saturated heterocycles. The summed E-state index contributed by atoms with van der Waals surface area (Å²) in [4.78, 5) is 14.2. The molecule has 0 unspecified atom stereocenters. The quantitative estimate of drug-likeness (QED) is 0.722. The number of hydrogen-bond donors (Lipinski definition) is 1. The Bertz CT molecular complexity index is 1010. The highest BCUT2D eigenvalue weighted by molar-refractivity contribution is 7.91. The maximum Gasteiger partial charge on any atom is 0.236 e. The fraction of sp³-hybridized carbons (Fsp3) is 0.435. The van der Waals surface area contributed by atoms with E-state index in [1.807, 2.05) is 49.1 Å². The van der Waals surface area contributed by atoms with E-state index < -0.39 is 10.0 Å². The Morgan fingerprint density at radius 3 is 2.55 bits per heavy atom. The van der Waals surface area contributed by atoms with Gasteiger partial charge in [-0.2, -0.15) is 0 Å². The highest BCUT2D eigenvalue weighted by atomic mass is 32.2. The molecule has 1 aliphatic heterocycles.